The summed E-state index contributed by atoms with van der Waals surface area (Å²) in [4.78, 5) is 11.5. The predicted molar refractivity (Wildman–Crippen MR) is 64.0 cm³/mol. The molecule has 0 heterocycles. The van der Waals surface area contributed by atoms with Gasteiger partial charge in [0, 0.05) is 0 Å². The Hall–Kier alpha value is -1.35. The van der Waals surface area contributed by atoms with Crippen molar-refractivity contribution in [3.05, 3.63) is 35.4 Å². The zero-order valence-corrected chi connectivity index (χ0v) is 10.1. The zero-order chi connectivity index (χ0) is 12.2. The van der Waals surface area contributed by atoms with Gasteiger partial charge in [0.2, 0.25) is 0 Å². The van der Waals surface area contributed by atoms with Crippen LogP contribution in [0.25, 0.3) is 0 Å². The second kappa shape index (κ2) is 5.12. The van der Waals surface area contributed by atoms with Gasteiger partial charge in [-0.25, -0.2) is 4.79 Å². The fourth-order valence-electron chi connectivity index (χ4n) is 1.64. The van der Waals surface area contributed by atoms with Crippen LogP contribution >= 0.6 is 0 Å². The molecule has 1 aromatic carbocycles. The van der Waals surface area contributed by atoms with Crippen molar-refractivity contribution in [3.8, 4) is 0 Å². The monoisotopic (exact) mass is 221 g/mol. The molecule has 0 radical (unpaired) electrons. The summed E-state index contributed by atoms with van der Waals surface area (Å²) in [6.07, 6.45) is 2.15. The highest BCUT2D eigenvalue weighted by atomic mass is 16.5. The quantitative estimate of drug-likeness (QED) is 0.791. The van der Waals surface area contributed by atoms with Gasteiger partial charge in [0.15, 0.2) is 0 Å². The van der Waals surface area contributed by atoms with E-state index >= 15 is 0 Å². The highest BCUT2D eigenvalue weighted by Crippen LogP contribution is 2.20. The summed E-state index contributed by atoms with van der Waals surface area (Å²) in [5.41, 5.74) is 6.91. The number of carbonyl (C=O) groups is 1. The molecule has 16 heavy (non-hydrogen) atoms. The van der Waals surface area contributed by atoms with E-state index in [0.717, 1.165) is 18.4 Å². The Balaban J connectivity index is 2.92. The van der Waals surface area contributed by atoms with Crippen molar-refractivity contribution >= 4 is 5.97 Å². The maximum atomic E-state index is 11.5. The molecule has 0 bridgehead atoms. The Morgan fingerprint density at radius 1 is 1.38 bits per heavy atom. The fourth-order valence-corrected chi connectivity index (χ4v) is 1.64. The van der Waals surface area contributed by atoms with Crippen molar-refractivity contribution in [1.82, 2.24) is 0 Å². The Labute approximate surface area is 96.6 Å². The third-order valence-corrected chi connectivity index (χ3v) is 2.70. The van der Waals surface area contributed by atoms with Gasteiger partial charge in [0.1, 0.15) is 5.54 Å². The minimum absolute atomic E-state index is 0.421. The summed E-state index contributed by atoms with van der Waals surface area (Å²) in [7, 11) is 1.35. The molecule has 88 valence electrons. The number of rotatable bonds is 4. The number of aryl methyl sites for hydroxylation is 1. The maximum Gasteiger partial charge on any atom is 0.330 e. The van der Waals surface area contributed by atoms with Crippen LogP contribution in [-0.4, -0.2) is 13.1 Å². The molecule has 1 rings (SSSR count). The van der Waals surface area contributed by atoms with E-state index in [-0.39, 0.29) is 0 Å². The van der Waals surface area contributed by atoms with Gasteiger partial charge >= 0.3 is 5.97 Å². The lowest BCUT2D eigenvalue weighted by atomic mass is 9.92. The first-order valence-electron chi connectivity index (χ1n) is 5.49. The van der Waals surface area contributed by atoms with Crippen molar-refractivity contribution in [2.45, 2.75) is 32.2 Å². The molecule has 0 aliphatic carbocycles. The lowest BCUT2D eigenvalue weighted by molar-refractivity contribution is -0.146. The van der Waals surface area contributed by atoms with E-state index in [1.54, 1.807) is 6.92 Å². The zero-order valence-electron chi connectivity index (χ0n) is 10.1. The number of carbonyl (C=O) groups excluding carboxylic acids is 1. The van der Waals surface area contributed by atoms with E-state index in [0.29, 0.717) is 0 Å². The van der Waals surface area contributed by atoms with Crippen LogP contribution < -0.4 is 5.73 Å². The fraction of sp³-hybridized carbons (Fsp3) is 0.462. The Morgan fingerprint density at radius 2 is 1.94 bits per heavy atom. The van der Waals surface area contributed by atoms with E-state index in [2.05, 4.69) is 11.7 Å². The third kappa shape index (κ3) is 2.61. The summed E-state index contributed by atoms with van der Waals surface area (Å²) in [5, 5.41) is 0. The Morgan fingerprint density at radius 3 is 2.38 bits per heavy atom. The molecule has 0 fully saturated rings. The van der Waals surface area contributed by atoms with Crippen LogP contribution in [0.2, 0.25) is 0 Å². The normalized spacial score (nSPS) is 14.2. The molecule has 1 unspecified atom stereocenters. The van der Waals surface area contributed by atoms with Crippen molar-refractivity contribution < 1.29 is 9.53 Å². The number of hydrogen-bond acceptors (Lipinski definition) is 3. The van der Waals surface area contributed by atoms with E-state index in [1.165, 1.54) is 12.7 Å². The summed E-state index contributed by atoms with van der Waals surface area (Å²) >= 11 is 0. The molecule has 3 nitrogen and oxygen atoms in total. The summed E-state index contributed by atoms with van der Waals surface area (Å²) in [6.45, 7) is 3.79. The van der Waals surface area contributed by atoms with Crippen LogP contribution in [0.3, 0.4) is 0 Å². The first-order chi connectivity index (χ1) is 7.52. The predicted octanol–water partition coefficient (Wildman–Crippen LogP) is 1.99. The minimum atomic E-state index is -1.07. The molecular formula is C13H19NO2. The molecule has 0 saturated carbocycles. The smallest absolute Gasteiger partial charge is 0.330 e. The second-order valence-corrected chi connectivity index (χ2v) is 4.14. The number of benzene rings is 1. The molecular weight excluding hydrogens is 202 g/mol. The average Bonchev–Trinajstić information content (AvgIpc) is 2.29. The topological polar surface area (TPSA) is 52.3 Å². The molecule has 0 amide bonds. The van der Waals surface area contributed by atoms with Gasteiger partial charge in [-0.15, -0.1) is 0 Å². The minimum Gasteiger partial charge on any atom is -0.467 e. The van der Waals surface area contributed by atoms with E-state index in [9.17, 15) is 4.79 Å². The van der Waals surface area contributed by atoms with Crippen molar-refractivity contribution in [3.63, 3.8) is 0 Å². The van der Waals surface area contributed by atoms with E-state index in [4.69, 9.17) is 5.73 Å². The van der Waals surface area contributed by atoms with E-state index < -0.39 is 11.5 Å². The van der Waals surface area contributed by atoms with Crippen LogP contribution in [0.4, 0.5) is 0 Å². The summed E-state index contributed by atoms with van der Waals surface area (Å²) < 4.78 is 4.68. The Bertz CT molecular complexity index is 355. The van der Waals surface area contributed by atoms with Crippen LogP contribution in [0.1, 0.15) is 31.4 Å². The number of nitrogens with two attached hydrogens (primary N) is 1. The van der Waals surface area contributed by atoms with Crippen molar-refractivity contribution in [2.75, 3.05) is 7.11 Å². The first-order valence-corrected chi connectivity index (χ1v) is 5.49. The van der Waals surface area contributed by atoms with Gasteiger partial charge in [-0.1, -0.05) is 37.6 Å². The van der Waals surface area contributed by atoms with Crippen molar-refractivity contribution in [1.29, 1.82) is 0 Å². The van der Waals surface area contributed by atoms with Gasteiger partial charge in [0.05, 0.1) is 7.11 Å². The average molecular weight is 221 g/mol. The highest BCUT2D eigenvalue weighted by Gasteiger charge is 2.31. The molecule has 3 heteroatoms. The van der Waals surface area contributed by atoms with Gasteiger partial charge in [-0.05, 0) is 24.5 Å². The first kappa shape index (κ1) is 12.7. The SMILES string of the molecule is CCCc1ccc(C(C)(N)C(=O)OC)cc1. The van der Waals surface area contributed by atoms with Gasteiger partial charge in [-0.3, -0.25) is 0 Å². The van der Waals surface area contributed by atoms with Gasteiger partial charge in [-0.2, -0.15) is 0 Å². The molecule has 0 aromatic heterocycles. The molecule has 1 atom stereocenters. The maximum absolute atomic E-state index is 11.5. The molecule has 2 N–H and O–H groups in total. The van der Waals surface area contributed by atoms with Crippen LogP contribution in [0, 0.1) is 0 Å². The van der Waals surface area contributed by atoms with Gasteiger partial charge < -0.3 is 10.5 Å². The lowest BCUT2D eigenvalue weighted by Gasteiger charge is -2.22. The van der Waals surface area contributed by atoms with Crippen LogP contribution in [-0.2, 0) is 21.5 Å². The second-order valence-electron chi connectivity index (χ2n) is 4.14. The standard InChI is InChI=1S/C13H19NO2/c1-4-5-10-6-8-11(9-7-10)13(2,14)12(15)16-3/h6-9H,4-5,14H2,1-3H3. The number of hydrogen-bond donors (Lipinski definition) is 1. The summed E-state index contributed by atoms with van der Waals surface area (Å²) in [5.74, 6) is -0.421. The molecule has 0 aliphatic heterocycles. The van der Waals surface area contributed by atoms with Crippen LogP contribution in [0.15, 0.2) is 24.3 Å². The number of ether oxygens (including phenoxy) is 1. The highest BCUT2D eigenvalue weighted by molar-refractivity contribution is 5.81. The van der Waals surface area contributed by atoms with Gasteiger partial charge in [0.25, 0.3) is 0 Å². The molecule has 0 spiro atoms. The largest absolute Gasteiger partial charge is 0.467 e. The van der Waals surface area contributed by atoms with Crippen molar-refractivity contribution in [2.24, 2.45) is 5.73 Å². The number of esters is 1. The summed E-state index contributed by atoms with van der Waals surface area (Å²) in [6, 6.07) is 7.80. The molecule has 1 aromatic rings. The number of methoxy groups -OCH3 is 1. The van der Waals surface area contributed by atoms with E-state index in [1.807, 2.05) is 24.3 Å². The molecule has 0 aliphatic rings. The molecule has 0 saturated heterocycles. The van der Waals surface area contributed by atoms with Crippen LogP contribution in [0.5, 0.6) is 0 Å². The lowest BCUT2D eigenvalue weighted by Crippen LogP contribution is -2.42. The third-order valence-electron chi connectivity index (χ3n) is 2.70. The Kier molecular flexibility index (Phi) is 4.07.